The Balaban J connectivity index is 2.16. The third-order valence-electron chi connectivity index (χ3n) is 3.21. The average Bonchev–Trinajstić information content (AvgIpc) is 2.25. The van der Waals surface area contributed by atoms with Gasteiger partial charge in [-0.3, -0.25) is 0 Å². The molecule has 0 heterocycles. The Morgan fingerprint density at radius 1 is 1.33 bits per heavy atom. The van der Waals surface area contributed by atoms with Gasteiger partial charge < -0.3 is 15.2 Å². The number of ether oxygens (including phenoxy) is 1. The lowest BCUT2D eigenvalue weighted by molar-refractivity contribution is 0.0476. The Morgan fingerprint density at radius 2 is 1.94 bits per heavy atom. The van der Waals surface area contributed by atoms with Gasteiger partial charge in [0, 0.05) is 6.54 Å². The fraction of sp³-hybridized carbons (Fsp3) is 0.929. The van der Waals surface area contributed by atoms with Crippen molar-refractivity contribution < 1.29 is 14.6 Å². The molecule has 0 spiro atoms. The second-order valence-electron chi connectivity index (χ2n) is 6.28. The number of alkyl carbamates (subject to hydrolysis) is 1. The van der Waals surface area contributed by atoms with Gasteiger partial charge in [0.25, 0.3) is 0 Å². The first-order valence-corrected chi connectivity index (χ1v) is 7.02. The molecule has 0 aromatic carbocycles. The summed E-state index contributed by atoms with van der Waals surface area (Å²) in [6.45, 7) is 5.76. The minimum atomic E-state index is -0.488. The molecule has 1 saturated carbocycles. The van der Waals surface area contributed by atoms with E-state index >= 15 is 0 Å². The van der Waals surface area contributed by atoms with Crippen LogP contribution < -0.4 is 5.32 Å². The summed E-state index contributed by atoms with van der Waals surface area (Å²) in [7, 11) is 0. The van der Waals surface area contributed by atoms with Crippen molar-refractivity contribution in [1.29, 1.82) is 0 Å². The standard InChI is InChI=1S/C14H27NO3/c1-14(2,3)18-13(17)15-10-12(16)9-11-7-5-4-6-8-11/h11-12,16H,4-10H2,1-3H3,(H,15,17). The van der Waals surface area contributed by atoms with Crippen LogP contribution in [-0.4, -0.2) is 29.4 Å². The van der Waals surface area contributed by atoms with Gasteiger partial charge in [-0.1, -0.05) is 32.1 Å². The SMILES string of the molecule is CC(C)(C)OC(=O)NCC(O)CC1CCCCC1. The van der Waals surface area contributed by atoms with Crippen molar-refractivity contribution in [2.45, 2.75) is 71.0 Å². The molecule has 1 rings (SSSR count). The van der Waals surface area contributed by atoms with E-state index in [9.17, 15) is 9.90 Å². The van der Waals surface area contributed by atoms with E-state index in [0.717, 1.165) is 6.42 Å². The van der Waals surface area contributed by atoms with Gasteiger partial charge in [0.05, 0.1) is 6.10 Å². The van der Waals surface area contributed by atoms with Crippen LogP contribution in [0.2, 0.25) is 0 Å². The number of carbonyl (C=O) groups is 1. The summed E-state index contributed by atoms with van der Waals surface area (Å²) in [6, 6.07) is 0. The molecule has 4 nitrogen and oxygen atoms in total. The number of aliphatic hydroxyl groups is 1. The van der Waals surface area contributed by atoms with Gasteiger partial charge in [0.15, 0.2) is 0 Å². The Morgan fingerprint density at radius 3 is 2.50 bits per heavy atom. The maximum absolute atomic E-state index is 11.4. The largest absolute Gasteiger partial charge is 0.444 e. The van der Waals surface area contributed by atoms with E-state index in [1.54, 1.807) is 0 Å². The van der Waals surface area contributed by atoms with Gasteiger partial charge in [-0.25, -0.2) is 4.79 Å². The van der Waals surface area contributed by atoms with Crippen molar-refractivity contribution >= 4 is 6.09 Å². The number of aliphatic hydroxyl groups excluding tert-OH is 1. The maximum atomic E-state index is 11.4. The molecule has 1 aliphatic carbocycles. The molecule has 2 N–H and O–H groups in total. The Labute approximate surface area is 110 Å². The van der Waals surface area contributed by atoms with Crippen molar-refractivity contribution in [1.82, 2.24) is 5.32 Å². The molecule has 0 aromatic rings. The lowest BCUT2D eigenvalue weighted by Crippen LogP contribution is -2.37. The predicted molar refractivity (Wildman–Crippen MR) is 71.4 cm³/mol. The van der Waals surface area contributed by atoms with Crippen molar-refractivity contribution in [3.63, 3.8) is 0 Å². The summed E-state index contributed by atoms with van der Waals surface area (Å²) in [5.74, 6) is 0.620. The van der Waals surface area contributed by atoms with Crippen LogP contribution in [0.1, 0.15) is 59.3 Å². The molecule has 106 valence electrons. The van der Waals surface area contributed by atoms with Crippen LogP contribution in [-0.2, 0) is 4.74 Å². The zero-order valence-corrected chi connectivity index (χ0v) is 11.9. The van der Waals surface area contributed by atoms with E-state index in [4.69, 9.17) is 4.74 Å². The fourth-order valence-electron chi connectivity index (χ4n) is 2.41. The number of hydrogen-bond acceptors (Lipinski definition) is 3. The molecular formula is C14H27NO3. The van der Waals surface area contributed by atoms with Gasteiger partial charge in [0.2, 0.25) is 0 Å². The maximum Gasteiger partial charge on any atom is 0.407 e. The minimum absolute atomic E-state index is 0.283. The topological polar surface area (TPSA) is 58.6 Å². The third kappa shape index (κ3) is 6.84. The van der Waals surface area contributed by atoms with Gasteiger partial charge >= 0.3 is 6.09 Å². The zero-order chi connectivity index (χ0) is 13.6. The second-order valence-corrected chi connectivity index (χ2v) is 6.28. The quantitative estimate of drug-likeness (QED) is 0.814. The number of amides is 1. The van der Waals surface area contributed by atoms with Gasteiger partial charge in [-0.05, 0) is 33.1 Å². The van der Waals surface area contributed by atoms with E-state index in [2.05, 4.69) is 5.32 Å². The normalized spacial score (nSPS) is 19.3. The van der Waals surface area contributed by atoms with E-state index in [1.165, 1.54) is 32.1 Å². The highest BCUT2D eigenvalue weighted by molar-refractivity contribution is 5.67. The first kappa shape index (κ1) is 15.3. The zero-order valence-electron chi connectivity index (χ0n) is 11.9. The molecule has 0 aliphatic heterocycles. The van der Waals surface area contributed by atoms with Crippen molar-refractivity contribution in [2.24, 2.45) is 5.92 Å². The molecule has 0 radical (unpaired) electrons. The molecule has 4 heteroatoms. The van der Waals surface area contributed by atoms with E-state index in [0.29, 0.717) is 5.92 Å². The second kappa shape index (κ2) is 6.98. The summed E-state index contributed by atoms with van der Waals surface area (Å²) < 4.78 is 5.12. The van der Waals surface area contributed by atoms with E-state index < -0.39 is 17.8 Å². The summed E-state index contributed by atoms with van der Waals surface area (Å²) in [5, 5.41) is 12.5. The van der Waals surface area contributed by atoms with Crippen LogP contribution in [0.5, 0.6) is 0 Å². The molecule has 0 saturated heterocycles. The number of nitrogens with one attached hydrogen (secondary N) is 1. The molecule has 0 bridgehead atoms. The molecule has 18 heavy (non-hydrogen) atoms. The van der Waals surface area contributed by atoms with Crippen LogP contribution >= 0.6 is 0 Å². The van der Waals surface area contributed by atoms with Crippen molar-refractivity contribution in [3.8, 4) is 0 Å². The average molecular weight is 257 g/mol. The first-order valence-electron chi connectivity index (χ1n) is 7.02. The lowest BCUT2D eigenvalue weighted by Gasteiger charge is -2.24. The highest BCUT2D eigenvalue weighted by Crippen LogP contribution is 2.27. The van der Waals surface area contributed by atoms with Gasteiger partial charge in [0.1, 0.15) is 5.60 Å². The smallest absolute Gasteiger partial charge is 0.407 e. The third-order valence-corrected chi connectivity index (χ3v) is 3.21. The first-order chi connectivity index (χ1) is 8.37. The van der Waals surface area contributed by atoms with Gasteiger partial charge in [-0.2, -0.15) is 0 Å². The van der Waals surface area contributed by atoms with Gasteiger partial charge in [-0.15, -0.1) is 0 Å². The molecular weight excluding hydrogens is 230 g/mol. The number of carbonyl (C=O) groups excluding carboxylic acids is 1. The highest BCUT2D eigenvalue weighted by Gasteiger charge is 2.19. The van der Waals surface area contributed by atoms with Crippen LogP contribution in [0.4, 0.5) is 4.79 Å². The van der Waals surface area contributed by atoms with Crippen molar-refractivity contribution in [2.75, 3.05) is 6.54 Å². The van der Waals surface area contributed by atoms with Crippen LogP contribution in [0.25, 0.3) is 0 Å². The molecule has 1 unspecified atom stereocenters. The summed E-state index contributed by atoms with van der Waals surface area (Å²) >= 11 is 0. The Hall–Kier alpha value is -0.770. The number of rotatable bonds is 4. The molecule has 0 aromatic heterocycles. The monoisotopic (exact) mass is 257 g/mol. The molecule has 1 amide bonds. The lowest BCUT2D eigenvalue weighted by atomic mass is 9.85. The molecule has 1 aliphatic rings. The van der Waals surface area contributed by atoms with E-state index in [1.807, 2.05) is 20.8 Å². The fourth-order valence-corrected chi connectivity index (χ4v) is 2.41. The summed E-state index contributed by atoms with van der Waals surface area (Å²) in [6.07, 6.45) is 6.17. The summed E-state index contributed by atoms with van der Waals surface area (Å²) in [5.41, 5.74) is -0.488. The Kier molecular flexibility index (Phi) is 5.93. The van der Waals surface area contributed by atoms with Crippen molar-refractivity contribution in [3.05, 3.63) is 0 Å². The number of hydrogen-bond donors (Lipinski definition) is 2. The molecule has 1 atom stereocenters. The molecule has 1 fully saturated rings. The van der Waals surface area contributed by atoms with Crippen LogP contribution in [0.3, 0.4) is 0 Å². The predicted octanol–water partition coefficient (Wildman–Crippen LogP) is 2.84. The minimum Gasteiger partial charge on any atom is -0.444 e. The van der Waals surface area contributed by atoms with Crippen LogP contribution in [0.15, 0.2) is 0 Å². The van der Waals surface area contributed by atoms with Crippen LogP contribution in [0, 0.1) is 5.92 Å². The Bertz CT molecular complexity index is 254. The van der Waals surface area contributed by atoms with E-state index in [-0.39, 0.29) is 6.54 Å². The summed E-state index contributed by atoms with van der Waals surface area (Å²) in [4.78, 5) is 11.4. The highest BCUT2D eigenvalue weighted by atomic mass is 16.6.